The Balaban J connectivity index is 2.85. The molecular weight excluding hydrogens is 172 g/mol. The highest BCUT2D eigenvalue weighted by Gasteiger charge is 2.04. The lowest BCUT2D eigenvalue weighted by Gasteiger charge is -1.94. The average Bonchev–Trinajstić information content (AvgIpc) is 2.15. The van der Waals surface area contributed by atoms with Crippen molar-refractivity contribution in [1.82, 2.24) is 0 Å². The number of nitro benzene ring substituents is 1. The monoisotopic (exact) mass is 180 g/mol. The smallest absolute Gasteiger partial charge is 0.269 e. The molecule has 1 aromatic rings. The zero-order valence-corrected chi connectivity index (χ0v) is 6.75. The minimum absolute atomic E-state index is 0.0452. The summed E-state index contributed by atoms with van der Waals surface area (Å²) >= 11 is 0. The largest absolute Gasteiger partial charge is 0.411 e. The summed E-state index contributed by atoms with van der Waals surface area (Å²) in [5, 5.41) is 21.3. The van der Waals surface area contributed by atoms with Crippen molar-refractivity contribution in [3.8, 4) is 0 Å². The Bertz CT molecular complexity index is 336. The zero-order valence-electron chi connectivity index (χ0n) is 6.75. The first-order valence-corrected chi connectivity index (χ1v) is 3.63. The molecule has 0 spiro atoms. The van der Waals surface area contributed by atoms with Gasteiger partial charge in [0.25, 0.3) is 5.69 Å². The van der Waals surface area contributed by atoms with Crippen LogP contribution in [0.3, 0.4) is 0 Å². The van der Waals surface area contributed by atoms with Gasteiger partial charge in [-0.15, -0.1) is 5.16 Å². The van der Waals surface area contributed by atoms with Gasteiger partial charge in [-0.3, -0.25) is 10.1 Å². The standard InChI is InChI=1S/C8H8N2O3/c11-9-5-4-7-2-1-3-8(6-7)10(12)13/h1-3,5-6,11H,4H2. The Morgan fingerprint density at radius 2 is 2.38 bits per heavy atom. The van der Waals surface area contributed by atoms with Crippen molar-refractivity contribution in [2.24, 2.45) is 5.16 Å². The van der Waals surface area contributed by atoms with Gasteiger partial charge in [-0.1, -0.05) is 12.1 Å². The summed E-state index contributed by atoms with van der Waals surface area (Å²) in [5.41, 5.74) is 0.788. The summed E-state index contributed by atoms with van der Waals surface area (Å²) in [6.07, 6.45) is 1.66. The van der Waals surface area contributed by atoms with Crippen molar-refractivity contribution in [3.63, 3.8) is 0 Å². The van der Waals surface area contributed by atoms with E-state index in [1.165, 1.54) is 18.3 Å². The number of non-ortho nitro benzene ring substituents is 1. The van der Waals surface area contributed by atoms with Gasteiger partial charge in [0.05, 0.1) is 4.92 Å². The van der Waals surface area contributed by atoms with Crippen LogP contribution in [0.4, 0.5) is 5.69 Å². The summed E-state index contributed by atoms with van der Waals surface area (Å²) in [6.45, 7) is 0. The van der Waals surface area contributed by atoms with Crippen LogP contribution in [0.1, 0.15) is 5.56 Å². The van der Waals surface area contributed by atoms with Crippen molar-refractivity contribution in [3.05, 3.63) is 39.9 Å². The Hall–Kier alpha value is -1.91. The Morgan fingerprint density at radius 1 is 1.62 bits per heavy atom. The van der Waals surface area contributed by atoms with Gasteiger partial charge in [-0.25, -0.2) is 0 Å². The van der Waals surface area contributed by atoms with E-state index in [0.29, 0.717) is 6.42 Å². The second-order valence-electron chi connectivity index (χ2n) is 2.43. The van der Waals surface area contributed by atoms with Gasteiger partial charge in [0, 0.05) is 24.8 Å². The van der Waals surface area contributed by atoms with Crippen LogP contribution in [-0.4, -0.2) is 16.3 Å². The summed E-state index contributed by atoms with van der Waals surface area (Å²) in [7, 11) is 0. The van der Waals surface area contributed by atoms with Crippen LogP contribution in [0.25, 0.3) is 0 Å². The fraction of sp³-hybridized carbons (Fsp3) is 0.125. The van der Waals surface area contributed by atoms with E-state index >= 15 is 0 Å². The van der Waals surface area contributed by atoms with E-state index in [-0.39, 0.29) is 5.69 Å². The molecule has 5 heteroatoms. The van der Waals surface area contributed by atoms with Gasteiger partial charge < -0.3 is 5.21 Å². The first-order valence-electron chi connectivity index (χ1n) is 3.63. The van der Waals surface area contributed by atoms with E-state index < -0.39 is 4.92 Å². The van der Waals surface area contributed by atoms with Gasteiger partial charge in [-0.2, -0.15) is 0 Å². The van der Waals surface area contributed by atoms with E-state index in [9.17, 15) is 10.1 Å². The fourth-order valence-electron chi connectivity index (χ4n) is 0.943. The molecule has 0 atom stereocenters. The maximum absolute atomic E-state index is 10.3. The summed E-state index contributed by atoms with van der Waals surface area (Å²) < 4.78 is 0. The molecule has 1 rings (SSSR count). The molecule has 0 radical (unpaired) electrons. The van der Waals surface area contributed by atoms with Crippen LogP contribution in [0.5, 0.6) is 0 Å². The minimum Gasteiger partial charge on any atom is -0.411 e. The third-order valence-electron chi connectivity index (χ3n) is 1.53. The molecule has 5 nitrogen and oxygen atoms in total. The fourth-order valence-corrected chi connectivity index (χ4v) is 0.943. The average molecular weight is 180 g/mol. The van der Waals surface area contributed by atoms with Crippen LogP contribution in [0, 0.1) is 10.1 Å². The van der Waals surface area contributed by atoms with E-state index in [0.717, 1.165) is 5.56 Å². The number of hydrogen-bond acceptors (Lipinski definition) is 4. The third-order valence-corrected chi connectivity index (χ3v) is 1.53. The van der Waals surface area contributed by atoms with Crippen LogP contribution >= 0.6 is 0 Å². The molecule has 68 valence electrons. The van der Waals surface area contributed by atoms with Crippen LogP contribution in [0.15, 0.2) is 29.4 Å². The molecular formula is C8H8N2O3. The van der Waals surface area contributed by atoms with Crippen LogP contribution in [0.2, 0.25) is 0 Å². The normalized spacial score (nSPS) is 10.5. The number of nitrogens with zero attached hydrogens (tertiary/aromatic N) is 2. The first-order chi connectivity index (χ1) is 6.24. The number of oxime groups is 1. The lowest BCUT2D eigenvalue weighted by Crippen LogP contribution is -1.91. The van der Waals surface area contributed by atoms with Crippen molar-refractivity contribution in [1.29, 1.82) is 0 Å². The SMILES string of the molecule is O=[N+]([O-])c1cccc(CC=NO)c1. The van der Waals surface area contributed by atoms with Crippen molar-refractivity contribution < 1.29 is 10.1 Å². The molecule has 1 aromatic carbocycles. The highest BCUT2D eigenvalue weighted by atomic mass is 16.6. The van der Waals surface area contributed by atoms with E-state index in [2.05, 4.69) is 5.16 Å². The van der Waals surface area contributed by atoms with Gasteiger partial charge in [0.2, 0.25) is 0 Å². The predicted octanol–water partition coefficient (Wildman–Crippen LogP) is 1.60. The predicted molar refractivity (Wildman–Crippen MR) is 47.1 cm³/mol. The molecule has 0 bridgehead atoms. The molecule has 0 aliphatic rings. The molecule has 0 heterocycles. The number of rotatable bonds is 3. The highest BCUT2D eigenvalue weighted by Crippen LogP contribution is 2.12. The molecule has 0 saturated heterocycles. The molecule has 0 aliphatic carbocycles. The molecule has 0 aromatic heterocycles. The maximum Gasteiger partial charge on any atom is 0.269 e. The summed E-state index contributed by atoms with van der Waals surface area (Å²) in [6, 6.07) is 6.19. The number of nitro groups is 1. The van der Waals surface area contributed by atoms with Crippen LogP contribution < -0.4 is 0 Å². The maximum atomic E-state index is 10.3. The van der Waals surface area contributed by atoms with E-state index in [1.807, 2.05) is 0 Å². The van der Waals surface area contributed by atoms with Crippen molar-refractivity contribution >= 4 is 11.9 Å². The summed E-state index contributed by atoms with van der Waals surface area (Å²) in [4.78, 5) is 9.89. The zero-order chi connectivity index (χ0) is 9.68. The van der Waals surface area contributed by atoms with Crippen LogP contribution in [-0.2, 0) is 6.42 Å². The van der Waals surface area contributed by atoms with Gasteiger partial charge in [-0.05, 0) is 5.56 Å². The lowest BCUT2D eigenvalue weighted by molar-refractivity contribution is -0.384. The second kappa shape index (κ2) is 4.20. The summed E-state index contributed by atoms with van der Waals surface area (Å²) in [5.74, 6) is 0. The van der Waals surface area contributed by atoms with Crippen molar-refractivity contribution in [2.45, 2.75) is 6.42 Å². The highest BCUT2D eigenvalue weighted by molar-refractivity contribution is 5.61. The molecule has 0 saturated carbocycles. The number of hydrogen-bond donors (Lipinski definition) is 1. The first kappa shape index (κ1) is 9.18. The molecule has 0 aliphatic heterocycles. The topological polar surface area (TPSA) is 75.7 Å². The molecule has 0 fully saturated rings. The number of benzene rings is 1. The Kier molecular flexibility index (Phi) is 2.97. The molecule has 1 N–H and O–H groups in total. The second-order valence-corrected chi connectivity index (χ2v) is 2.43. The van der Waals surface area contributed by atoms with Gasteiger partial charge in [0.15, 0.2) is 0 Å². The molecule has 0 unspecified atom stereocenters. The van der Waals surface area contributed by atoms with Gasteiger partial charge in [0.1, 0.15) is 0 Å². The van der Waals surface area contributed by atoms with E-state index in [1.54, 1.807) is 12.1 Å². The molecule has 13 heavy (non-hydrogen) atoms. The Labute approximate surface area is 74.5 Å². The Morgan fingerprint density at radius 3 is 3.00 bits per heavy atom. The minimum atomic E-state index is -0.459. The lowest BCUT2D eigenvalue weighted by atomic mass is 10.1. The van der Waals surface area contributed by atoms with E-state index in [4.69, 9.17) is 5.21 Å². The third kappa shape index (κ3) is 2.55. The van der Waals surface area contributed by atoms with Gasteiger partial charge >= 0.3 is 0 Å². The quantitative estimate of drug-likeness (QED) is 0.332. The van der Waals surface area contributed by atoms with Crippen molar-refractivity contribution in [2.75, 3.05) is 0 Å². The molecule has 0 amide bonds.